The van der Waals surface area contributed by atoms with Crippen molar-refractivity contribution in [1.82, 2.24) is 5.01 Å². The van der Waals surface area contributed by atoms with Crippen LogP contribution in [-0.2, 0) is 0 Å². The molecule has 0 aromatic carbocycles. The van der Waals surface area contributed by atoms with Crippen molar-refractivity contribution in [3.63, 3.8) is 0 Å². The van der Waals surface area contributed by atoms with E-state index in [-0.39, 0.29) is 0 Å². The van der Waals surface area contributed by atoms with Gasteiger partial charge in [0.1, 0.15) is 6.34 Å². The van der Waals surface area contributed by atoms with E-state index in [1.165, 1.54) is 11.2 Å². The number of aliphatic imine (C=N–C) groups is 3. The second kappa shape index (κ2) is 7.85. The normalized spacial score (nSPS) is 12.3. The van der Waals surface area contributed by atoms with E-state index in [4.69, 9.17) is 0 Å². The highest BCUT2D eigenvalue weighted by atomic mass is 15.5. The van der Waals surface area contributed by atoms with Gasteiger partial charge in [0.2, 0.25) is 0 Å². The summed E-state index contributed by atoms with van der Waals surface area (Å²) >= 11 is 0. The second-order valence-electron chi connectivity index (χ2n) is 2.18. The smallest absolute Gasteiger partial charge is 0.151 e. The molecule has 0 spiro atoms. The van der Waals surface area contributed by atoms with Gasteiger partial charge in [-0.2, -0.15) is 5.10 Å². The number of hydrogen-bond donors (Lipinski definition) is 0. The fourth-order valence-electron chi connectivity index (χ4n) is 0.700. The third-order valence-corrected chi connectivity index (χ3v) is 1.32. The minimum Gasteiger partial charge on any atom is -0.274 e. The Hall–Kier alpha value is -1.78. The van der Waals surface area contributed by atoms with Gasteiger partial charge >= 0.3 is 0 Å². The minimum atomic E-state index is 0.601. The van der Waals surface area contributed by atoms with E-state index in [2.05, 4.69) is 33.5 Å². The van der Waals surface area contributed by atoms with Gasteiger partial charge in [0, 0.05) is 32.6 Å². The van der Waals surface area contributed by atoms with Crippen LogP contribution in [-0.4, -0.2) is 44.2 Å². The predicted octanol–water partition coefficient (Wildman–Crippen LogP) is 1.19. The monoisotopic (exact) mass is 193 g/mol. The highest BCUT2D eigenvalue weighted by Gasteiger charge is 2.00. The van der Waals surface area contributed by atoms with E-state index >= 15 is 0 Å². The molecule has 0 amide bonds. The highest BCUT2D eigenvalue weighted by molar-refractivity contribution is 5.99. The largest absolute Gasteiger partial charge is 0.274 e. The number of rotatable bonds is 5. The molecule has 0 bridgehead atoms. The van der Waals surface area contributed by atoms with Crippen LogP contribution in [0.15, 0.2) is 32.4 Å². The summed E-state index contributed by atoms with van der Waals surface area (Å²) in [6, 6.07) is 0. The molecule has 0 aromatic heterocycles. The molecule has 0 unspecified atom stereocenters. The first-order valence-corrected chi connectivity index (χ1v) is 4.15. The lowest BCUT2D eigenvalue weighted by atomic mass is 10.5. The summed E-state index contributed by atoms with van der Waals surface area (Å²) in [7, 11) is 1.65. The molecular weight excluding hydrogens is 178 g/mol. The Kier molecular flexibility index (Phi) is 6.85. The van der Waals surface area contributed by atoms with Crippen LogP contribution in [0.5, 0.6) is 0 Å². The molecule has 0 radical (unpaired) electrons. The zero-order valence-electron chi connectivity index (χ0n) is 8.59. The highest BCUT2D eigenvalue weighted by Crippen LogP contribution is 1.92. The first-order valence-electron chi connectivity index (χ1n) is 4.15. The number of amidine groups is 1. The molecular formula is C9H15N5. The molecule has 0 aliphatic heterocycles. The summed E-state index contributed by atoms with van der Waals surface area (Å²) in [5.41, 5.74) is 0. The Balaban J connectivity index is 4.62. The lowest BCUT2D eigenvalue weighted by molar-refractivity contribution is 0.685. The fourth-order valence-corrected chi connectivity index (χ4v) is 0.700. The van der Waals surface area contributed by atoms with Crippen molar-refractivity contribution in [1.29, 1.82) is 0 Å². The Morgan fingerprint density at radius 2 is 2.14 bits per heavy atom. The molecule has 0 aromatic rings. The maximum Gasteiger partial charge on any atom is 0.151 e. The van der Waals surface area contributed by atoms with Gasteiger partial charge in [-0.05, 0) is 13.6 Å². The zero-order chi connectivity index (χ0) is 10.8. The Morgan fingerprint density at radius 3 is 2.57 bits per heavy atom. The molecule has 5 nitrogen and oxygen atoms in total. The molecule has 0 aliphatic rings. The van der Waals surface area contributed by atoms with E-state index in [1.54, 1.807) is 19.5 Å². The van der Waals surface area contributed by atoms with Crippen LogP contribution < -0.4 is 0 Å². The average Bonchev–Trinajstić information content (AvgIpc) is 2.23. The topological polar surface area (TPSA) is 52.7 Å². The third kappa shape index (κ3) is 4.30. The maximum atomic E-state index is 4.03. The molecule has 0 aliphatic carbocycles. The summed E-state index contributed by atoms with van der Waals surface area (Å²) in [4.78, 5) is 11.6. The second-order valence-corrected chi connectivity index (χ2v) is 2.18. The molecule has 0 saturated carbocycles. The quantitative estimate of drug-likeness (QED) is 0.367. The Bertz CT molecular complexity index is 264. The van der Waals surface area contributed by atoms with E-state index in [1.807, 2.05) is 6.92 Å². The lowest BCUT2D eigenvalue weighted by Crippen LogP contribution is -2.22. The number of hydrogen-bond acceptors (Lipinski definition) is 4. The molecule has 0 N–H and O–H groups in total. The maximum absolute atomic E-state index is 4.03. The van der Waals surface area contributed by atoms with Gasteiger partial charge in [-0.15, -0.1) is 0 Å². The van der Waals surface area contributed by atoms with Gasteiger partial charge in [0.25, 0.3) is 0 Å². The molecule has 76 valence electrons. The van der Waals surface area contributed by atoms with E-state index in [9.17, 15) is 0 Å². The van der Waals surface area contributed by atoms with Gasteiger partial charge < -0.3 is 0 Å². The van der Waals surface area contributed by atoms with Crippen LogP contribution in [0.1, 0.15) is 6.92 Å². The van der Waals surface area contributed by atoms with Gasteiger partial charge in [0.15, 0.2) is 5.84 Å². The first kappa shape index (κ1) is 12.2. The molecule has 0 atom stereocenters. The van der Waals surface area contributed by atoms with Gasteiger partial charge in [-0.1, -0.05) is 0 Å². The summed E-state index contributed by atoms with van der Waals surface area (Å²) in [5, 5.41) is 5.20. The number of nitrogens with zero attached hydrogens (tertiary/aromatic N) is 5. The number of hydrazone groups is 1. The summed E-state index contributed by atoms with van der Waals surface area (Å²) in [6.07, 6.45) is 4.76. The predicted molar refractivity (Wildman–Crippen MR) is 62.5 cm³/mol. The molecule has 14 heavy (non-hydrogen) atoms. The standard InChI is InChI=1S/C9H15N5/c1-5-13-8-14(12-4)9(11-3)6-7-10-2/h6-8H,2,4-5H2,1,3H3/b7-6-,11-9?,13-8?. The fraction of sp³-hybridized carbons (Fsp3) is 0.333. The Labute approximate surface area is 84.3 Å². The summed E-state index contributed by atoms with van der Waals surface area (Å²) < 4.78 is 0. The first-order chi connectivity index (χ1) is 6.79. The molecule has 0 heterocycles. The lowest BCUT2D eigenvalue weighted by Gasteiger charge is -2.10. The van der Waals surface area contributed by atoms with Crippen LogP contribution in [0.3, 0.4) is 0 Å². The van der Waals surface area contributed by atoms with Crippen molar-refractivity contribution in [3.8, 4) is 0 Å². The zero-order valence-corrected chi connectivity index (χ0v) is 8.59. The molecule has 5 heteroatoms. The van der Waals surface area contributed by atoms with Crippen LogP contribution in [0.4, 0.5) is 0 Å². The van der Waals surface area contributed by atoms with Gasteiger partial charge in [0.05, 0.1) is 0 Å². The molecule has 0 saturated heterocycles. The van der Waals surface area contributed by atoms with Crippen LogP contribution in [0.25, 0.3) is 0 Å². The van der Waals surface area contributed by atoms with Crippen molar-refractivity contribution in [2.24, 2.45) is 20.1 Å². The van der Waals surface area contributed by atoms with Crippen LogP contribution in [0.2, 0.25) is 0 Å². The van der Waals surface area contributed by atoms with E-state index in [0.29, 0.717) is 12.4 Å². The van der Waals surface area contributed by atoms with Crippen molar-refractivity contribution in [2.75, 3.05) is 13.6 Å². The molecule has 0 fully saturated rings. The minimum absolute atomic E-state index is 0.601. The van der Waals surface area contributed by atoms with Gasteiger partial charge in [-0.3, -0.25) is 15.0 Å². The Morgan fingerprint density at radius 1 is 1.43 bits per heavy atom. The van der Waals surface area contributed by atoms with Crippen LogP contribution >= 0.6 is 0 Å². The summed E-state index contributed by atoms with van der Waals surface area (Å²) in [6.45, 7) is 9.36. The van der Waals surface area contributed by atoms with Crippen molar-refractivity contribution in [2.45, 2.75) is 6.92 Å². The molecule has 0 rings (SSSR count). The van der Waals surface area contributed by atoms with Crippen LogP contribution in [0, 0.1) is 0 Å². The average molecular weight is 193 g/mol. The van der Waals surface area contributed by atoms with E-state index < -0.39 is 0 Å². The van der Waals surface area contributed by atoms with Crippen molar-refractivity contribution < 1.29 is 0 Å². The van der Waals surface area contributed by atoms with Crippen molar-refractivity contribution >= 4 is 25.6 Å². The summed E-state index contributed by atoms with van der Waals surface area (Å²) in [5.74, 6) is 0.601. The van der Waals surface area contributed by atoms with E-state index in [0.717, 1.165) is 0 Å². The SMILES string of the molecule is C=N/C=C\C(=NC)N(C=NCC)N=C. The van der Waals surface area contributed by atoms with Gasteiger partial charge in [-0.25, -0.2) is 5.01 Å². The third-order valence-electron chi connectivity index (χ3n) is 1.32. The van der Waals surface area contributed by atoms with Crippen molar-refractivity contribution in [3.05, 3.63) is 12.3 Å².